The zero-order valence-corrected chi connectivity index (χ0v) is 16.9. The highest BCUT2D eigenvalue weighted by molar-refractivity contribution is 6.30. The molecule has 0 bridgehead atoms. The summed E-state index contributed by atoms with van der Waals surface area (Å²) in [5.41, 5.74) is 3.64. The van der Waals surface area contributed by atoms with Crippen LogP contribution in [0.1, 0.15) is 24.5 Å². The summed E-state index contributed by atoms with van der Waals surface area (Å²) < 4.78 is 1.96. The summed E-state index contributed by atoms with van der Waals surface area (Å²) in [4.78, 5) is 25.7. The van der Waals surface area contributed by atoms with Gasteiger partial charge in [-0.25, -0.2) is 4.98 Å². The molecule has 4 heterocycles. The molecule has 7 heteroatoms. The van der Waals surface area contributed by atoms with Crippen molar-refractivity contribution in [2.75, 3.05) is 33.7 Å². The molecule has 0 aromatic carbocycles. The first-order valence-electron chi connectivity index (χ1n) is 9.54. The number of amides is 1. The van der Waals surface area contributed by atoms with Crippen LogP contribution in [0.4, 0.5) is 0 Å². The van der Waals surface area contributed by atoms with E-state index in [0.29, 0.717) is 11.6 Å². The highest BCUT2D eigenvalue weighted by atomic mass is 35.5. The molecule has 0 spiro atoms. The van der Waals surface area contributed by atoms with Crippen LogP contribution in [0, 0.1) is 0 Å². The van der Waals surface area contributed by atoms with E-state index in [1.54, 1.807) is 0 Å². The Labute approximate surface area is 169 Å². The van der Waals surface area contributed by atoms with Crippen LogP contribution in [0.2, 0.25) is 5.02 Å². The number of rotatable bonds is 4. The van der Waals surface area contributed by atoms with Crippen LogP contribution < -0.4 is 0 Å². The fourth-order valence-electron chi connectivity index (χ4n) is 3.78. The Hall–Kier alpha value is -2.44. The Morgan fingerprint density at radius 3 is 2.96 bits per heavy atom. The molecule has 1 atom stereocenters. The van der Waals surface area contributed by atoms with E-state index in [4.69, 9.17) is 16.6 Å². The summed E-state index contributed by atoms with van der Waals surface area (Å²) in [6, 6.07) is 9.81. The topological polar surface area (TPSA) is 53.7 Å². The molecule has 1 unspecified atom stereocenters. The Morgan fingerprint density at radius 2 is 2.14 bits per heavy atom. The first kappa shape index (κ1) is 18.9. The number of likely N-dealkylation sites (tertiary alicyclic amines) is 1. The van der Waals surface area contributed by atoms with Crippen molar-refractivity contribution in [1.82, 2.24) is 24.2 Å². The molecule has 1 fully saturated rings. The number of aromatic nitrogens is 3. The smallest absolute Gasteiger partial charge is 0.236 e. The van der Waals surface area contributed by atoms with Crippen LogP contribution >= 0.6 is 11.6 Å². The number of fused-ring (bicyclic) bond motifs is 1. The predicted molar refractivity (Wildman–Crippen MR) is 111 cm³/mol. The number of piperidine rings is 1. The fourth-order valence-corrected chi connectivity index (χ4v) is 3.94. The van der Waals surface area contributed by atoms with Crippen molar-refractivity contribution in [2.24, 2.45) is 0 Å². The lowest BCUT2D eigenvalue weighted by Gasteiger charge is -2.33. The van der Waals surface area contributed by atoms with Crippen molar-refractivity contribution in [3.8, 4) is 11.4 Å². The zero-order valence-electron chi connectivity index (χ0n) is 16.2. The van der Waals surface area contributed by atoms with Gasteiger partial charge in [0, 0.05) is 30.9 Å². The maximum Gasteiger partial charge on any atom is 0.236 e. The number of imidazole rings is 1. The first-order chi connectivity index (χ1) is 13.5. The van der Waals surface area contributed by atoms with Crippen molar-refractivity contribution in [3.05, 3.63) is 53.4 Å². The van der Waals surface area contributed by atoms with Crippen molar-refractivity contribution < 1.29 is 4.79 Å². The molecule has 3 aromatic heterocycles. The van der Waals surface area contributed by atoms with Crippen LogP contribution in [0.15, 0.2) is 42.7 Å². The lowest BCUT2D eigenvalue weighted by molar-refractivity contribution is -0.133. The van der Waals surface area contributed by atoms with Crippen molar-refractivity contribution in [3.63, 3.8) is 0 Å². The van der Waals surface area contributed by atoms with Gasteiger partial charge in [-0.05, 0) is 51.2 Å². The van der Waals surface area contributed by atoms with Crippen molar-refractivity contribution >= 4 is 23.2 Å². The molecular formula is C21H24ClN5O. The van der Waals surface area contributed by atoms with Gasteiger partial charge in [-0.2, -0.15) is 0 Å². The highest BCUT2D eigenvalue weighted by Crippen LogP contribution is 2.28. The lowest BCUT2D eigenvalue weighted by atomic mass is 9.94. The standard InChI is InChI=1S/C21H24ClN5O/c1-25(2)14-21(28)26-10-4-5-15(12-26)17-6-3-7-18(24-17)19-11-23-20-9-8-16(22)13-27(19)20/h3,6-9,11,13,15H,4-5,10,12,14H2,1-2H3. The highest BCUT2D eigenvalue weighted by Gasteiger charge is 2.26. The second-order valence-electron chi connectivity index (χ2n) is 7.58. The second kappa shape index (κ2) is 7.89. The maximum absolute atomic E-state index is 12.5. The number of pyridine rings is 2. The Kier molecular flexibility index (Phi) is 5.33. The average molecular weight is 398 g/mol. The Balaban J connectivity index is 1.60. The summed E-state index contributed by atoms with van der Waals surface area (Å²) in [5, 5.41) is 0.658. The molecule has 4 rings (SSSR count). The van der Waals surface area contributed by atoms with Gasteiger partial charge in [-0.1, -0.05) is 17.7 Å². The largest absolute Gasteiger partial charge is 0.341 e. The monoisotopic (exact) mass is 397 g/mol. The van der Waals surface area contributed by atoms with Gasteiger partial charge in [0.05, 0.1) is 29.2 Å². The SMILES string of the molecule is CN(C)CC(=O)N1CCCC(c2cccc(-c3cnc4ccc(Cl)cn34)n2)C1. The molecule has 0 N–H and O–H groups in total. The number of hydrogen-bond donors (Lipinski definition) is 0. The van der Waals surface area contributed by atoms with Crippen LogP contribution in [0.3, 0.4) is 0 Å². The van der Waals surface area contributed by atoms with E-state index in [0.717, 1.165) is 48.7 Å². The molecule has 1 amide bonds. The summed E-state index contributed by atoms with van der Waals surface area (Å²) in [7, 11) is 3.85. The van der Waals surface area contributed by atoms with E-state index in [-0.39, 0.29) is 11.8 Å². The Morgan fingerprint density at radius 1 is 1.29 bits per heavy atom. The second-order valence-corrected chi connectivity index (χ2v) is 8.02. The fraction of sp³-hybridized carbons (Fsp3) is 0.381. The van der Waals surface area contributed by atoms with Gasteiger partial charge in [0.25, 0.3) is 0 Å². The minimum atomic E-state index is 0.183. The van der Waals surface area contributed by atoms with Gasteiger partial charge in [0.2, 0.25) is 5.91 Å². The average Bonchev–Trinajstić information content (AvgIpc) is 3.11. The minimum Gasteiger partial charge on any atom is -0.341 e. The molecular weight excluding hydrogens is 374 g/mol. The molecule has 1 saturated heterocycles. The molecule has 1 aliphatic rings. The Bertz CT molecular complexity index is 999. The summed E-state index contributed by atoms with van der Waals surface area (Å²) in [6.07, 6.45) is 5.73. The normalized spacial score (nSPS) is 17.4. The lowest BCUT2D eigenvalue weighted by Crippen LogP contribution is -2.43. The van der Waals surface area contributed by atoms with Gasteiger partial charge < -0.3 is 9.80 Å². The number of carbonyl (C=O) groups is 1. The molecule has 28 heavy (non-hydrogen) atoms. The minimum absolute atomic E-state index is 0.183. The van der Waals surface area contributed by atoms with E-state index in [9.17, 15) is 4.79 Å². The van der Waals surface area contributed by atoms with E-state index in [1.807, 2.05) is 65.0 Å². The van der Waals surface area contributed by atoms with Crippen LogP contribution in [-0.4, -0.2) is 63.8 Å². The van der Waals surface area contributed by atoms with E-state index in [1.165, 1.54) is 0 Å². The number of hydrogen-bond acceptors (Lipinski definition) is 4. The summed E-state index contributed by atoms with van der Waals surface area (Å²) >= 11 is 6.16. The third-order valence-electron chi connectivity index (χ3n) is 5.15. The zero-order chi connectivity index (χ0) is 19.7. The third-order valence-corrected chi connectivity index (χ3v) is 5.37. The van der Waals surface area contributed by atoms with Crippen LogP contribution in [-0.2, 0) is 4.79 Å². The quantitative estimate of drug-likeness (QED) is 0.677. The maximum atomic E-state index is 12.5. The van der Waals surface area contributed by atoms with Crippen LogP contribution in [0.5, 0.6) is 0 Å². The van der Waals surface area contributed by atoms with Gasteiger partial charge in [-0.3, -0.25) is 14.2 Å². The summed E-state index contributed by atoms with van der Waals surface area (Å²) in [5.74, 6) is 0.435. The van der Waals surface area contributed by atoms with Gasteiger partial charge >= 0.3 is 0 Å². The number of nitrogens with zero attached hydrogens (tertiary/aromatic N) is 5. The molecule has 0 saturated carbocycles. The molecule has 0 radical (unpaired) electrons. The van der Waals surface area contributed by atoms with E-state index >= 15 is 0 Å². The molecule has 1 aliphatic heterocycles. The van der Waals surface area contributed by atoms with Crippen molar-refractivity contribution in [1.29, 1.82) is 0 Å². The number of likely N-dealkylation sites (N-methyl/N-ethyl adjacent to an activating group) is 1. The molecule has 3 aromatic rings. The molecule has 0 aliphatic carbocycles. The number of halogens is 1. The number of carbonyl (C=O) groups excluding carboxylic acids is 1. The first-order valence-corrected chi connectivity index (χ1v) is 9.91. The third kappa shape index (κ3) is 3.88. The van der Waals surface area contributed by atoms with E-state index in [2.05, 4.69) is 11.1 Å². The summed E-state index contributed by atoms with van der Waals surface area (Å²) in [6.45, 7) is 2.00. The predicted octanol–water partition coefficient (Wildman–Crippen LogP) is 3.32. The van der Waals surface area contributed by atoms with Gasteiger partial charge in [0.1, 0.15) is 5.65 Å². The van der Waals surface area contributed by atoms with Crippen molar-refractivity contribution in [2.45, 2.75) is 18.8 Å². The molecule has 146 valence electrons. The molecule has 6 nitrogen and oxygen atoms in total. The van der Waals surface area contributed by atoms with Gasteiger partial charge in [-0.15, -0.1) is 0 Å². The van der Waals surface area contributed by atoms with E-state index < -0.39 is 0 Å². The van der Waals surface area contributed by atoms with Crippen LogP contribution in [0.25, 0.3) is 17.0 Å². The van der Waals surface area contributed by atoms with Gasteiger partial charge in [0.15, 0.2) is 0 Å².